The Balaban J connectivity index is 2.09. The predicted octanol–water partition coefficient (Wildman–Crippen LogP) is 3.21. The summed E-state index contributed by atoms with van der Waals surface area (Å²) in [5.74, 6) is 0. The van der Waals surface area contributed by atoms with E-state index < -0.39 is 16.1 Å². The highest BCUT2D eigenvalue weighted by Gasteiger charge is 2.14. The van der Waals surface area contributed by atoms with Gasteiger partial charge < -0.3 is 9.40 Å². The SMILES string of the molecule is O=c1[nH]c(-c2cccc([N+](=O)[O-])c2)cc2c1c(=O)oc1ccccc12. The van der Waals surface area contributed by atoms with Crippen LogP contribution in [-0.4, -0.2) is 9.91 Å². The second-order valence-corrected chi connectivity index (χ2v) is 5.49. The maximum absolute atomic E-state index is 12.4. The second-order valence-electron chi connectivity index (χ2n) is 5.49. The predicted molar refractivity (Wildman–Crippen MR) is 92.7 cm³/mol. The lowest BCUT2D eigenvalue weighted by Gasteiger charge is -2.06. The zero-order chi connectivity index (χ0) is 17.6. The largest absolute Gasteiger partial charge is 0.422 e. The molecule has 1 N–H and O–H groups in total. The standard InChI is InChI=1S/C18H10N2O5/c21-17-16-13(12-6-1-2-7-15(12)25-18(16)22)9-14(19-17)10-4-3-5-11(8-10)20(23)24/h1-9H,(H,19,21). The van der Waals surface area contributed by atoms with Crippen molar-refractivity contribution in [1.82, 2.24) is 4.98 Å². The molecule has 122 valence electrons. The molecule has 0 aliphatic heterocycles. The van der Waals surface area contributed by atoms with Crippen molar-refractivity contribution >= 4 is 27.4 Å². The minimum Gasteiger partial charge on any atom is -0.422 e. The van der Waals surface area contributed by atoms with Crippen molar-refractivity contribution in [3.63, 3.8) is 0 Å². The minimum absolute atomic E-state index is 0.0760. The monoisotopic (exact) mass is 334 g/mol. The fraction of sp³-hybridized carbons (Fsp3) is 0. The van der Waals surface area contributed by atoms with E-state index in [9.17, 15) is 19.7 Å². The van der Waals surface area contributed by atoms with Crippen LogP contribution in [0.4, 0.5) is 5.69 Å². The van der Waals surface area contributed by atoms with Crippen LogP contribution < -0.4 is 11.2 Å². The van der Waals surface area contributed by atoms with E-state index in [2.05, 4.69) is 4.98 Å². The zero-order valence-corrected chi connectivity index (χ0v) is 12.7. The highest BCUT2D eigenvalue weighted by molar-refractivity contribution is 6.04. The van der Waals surface area contributed by atoms with Crippen LogP contribution in [0.2, 0.25) is 0 Å². The summed E-state index contributed by atoms with van der Waals surface area (Å²) in [7, 11) is 0. The molecule has 0 atom stereocenters. The smallest absolute Gasteiger partial charge is 0.349 e. The molecule has 7 heteroatoms. The third-order valence-corrected chi connectivity index (χ3v) is 3.99. The van der Waals surface area contributed by atoms with Crippen molar-refractivity contribution in [1.29, 1.82) is 0 Å². The summed E-state index contributed by atoms with van der Waals surface area (Å²) in [6, 6.07) is 14.4. The Kier molecular flexibility index (Phi) is 3.21. The van der Waals surface area contributed by atoms with E-state index in [4.69, 9.17) is 4.42 Å². The molecule has 0 unspecified atom stereocenters. The number of nitro benzene ring substituents is 1. The molecule has 25 heavy (non-hydrogen) atoms. The molecular formula is C18H10N2O5. The third kappa shape index (κ3) is 2.38. The first-order valence-electron chi connectivity index (χ1n) is 7.38. The Morgan fingerprint density at radius 3 is 2.56 bits per heavy atom. The molecule has 0 fully saturated rings. The van der Waals surface area contributed by atoms with E-state index in [-0.39, 0.29) is 11.1 Å². The van der Waals surface area contributed by atoms with E-state index in [1.807, 2.05) is 0 Å². The number of fused-ring (bicyclic) bond motifs is 3. The number of rotatable bonds is 2. The number of hydrogen-bond donors (Lipinski definition) is 1. The van der Waals surface area contributed by atoms with Gasteiger partial charge in [0.2, 0.25) is 0 Å². The molecular weight excluding hydrogens is 324 g/mol. The van der Waals surface area contributed by atoms with Crippen LogP contribution in [0.15, 0.2) is 68.6 Å². The molecule has 2 heterocycles. The number of nitrogens with zero attached hydrogens (tertiary/aromatic N) is 1. The Bertz CT molecular complexity index is 1270. The van der Waals surface area contributed by atoms with Gasteiger partial charge in [0.25, 0.3) is 11.2 Å². The van der Waals surface area contributed by atoms with E-state index in [1.54, 1.807) is 36.4 Å². The second kappa shape index (κ2) is 5.41. The van der Waals surface area contributed by atoms with E-state index in [0.29, 0.717) is 27.6 Å². The van der Waals surface area contributed by atoms with Gasteiger partial charge in [0, 0.05) is 34.2 Å². The third-order valence-electron chi connectivity index (χ3n) is 3.99. The molecule has 0 radical (unpaired) electrons. The van der Waals surface area contributed by atoms with Gasteiger partial charge in [0.05, 0.1) is 4.92 Å². The molecule has 7 nitrogen and oxygen atoms in total. The molecule has 0 bridgehead atoms. The highest BCUT2D eigenvalue weighted by Crippen LogP contribution is 2.26. The van der Waals surface area contributed by atoms with Crippen LogP contribution >= 0.6 is 0 Å². The summed E-state index contributed by atoms with van der Waals surface area (Å²) in [6.45, 7) is 0. The Morgan fingerprint density at radius 1 is 0.960 bits per heavy atom. The molecule has 4 rings (SSSR count). The van der Waals surface area contributed by atoms with Gasteiger partial charge in [0.1, 0.15) is 11.0 Å². The van der Waals surface area contributed by atoms with Crippen molar-refractivity contribution in [3.05, 3.63) is 85.5 Å². The van der Waals surface area contributed by atoms with Crippen LogP contribution in [0.1, 0.15) is 0 Å². The van der Waals surface area contributed by atoms with Crippen LogP contribution in [0, 0.1) is 10.1 Å². The Morgan fingerprint density at radius 2 is 1.76 bits per heavy atom. The molecule has 0 amide bonds. The van der Waals surface area contributed by atoms with Crippen LogP contribution in [0.25, 0.3) is 33.0 Å². The quantitative estimate of drug-likeness (QED) is 0.262. The number of H-pyrrole nitrogens is 1. The van der Waals surface area contributed by atoms with Gasteiger partial charge >= 0.3 is 5.63 Å². The van der Waals surface area contributed by atoms with Gasteiger partial charge in [-0.15, -0.1) is 0 Å². The lowest BCUT2D eigenvalue weighted by atomic mass is 10.0. The van der Waals surface area contributed by atoms with Gasteiger partial charge in [-0.25, -0.2) is 4.79 Å². The topological polar surface area (TPSA) is 106 Å². The molecule has 0 spiro atoms. The highest BCUT2D eigenvalue weighted by atomic mass is 16.6. The Hall–Kier alpha value is -3.74. The number of nitrogens with one attached hydrogen (secondary N) is 1. The minimum atomic E-state index is -0.722. The van der Waals surface area contributed by atoms with Gasteiger partial charge in [-0.3, -0.25) is 14.9 Å². The van der Waals surface area contributed by atoms with Crippen molar-refractivity contribution in [2.75, 3.05) is 0 Å². The molecule has 2 aromatic heterocycles. The van der Waals surface area contributed by atoms with Crippen LogP contribution in [-0.2, 0) is 0 Å². The molecule has 2 aromatic carbocycles. The molecule has 0 saturated heterocycles. The number of benzene rings is 2. The summed E-state index contributed by atoms with van der Waals surface area (Å²) in [6.07, 6.45) is 0. The van der Waals surface area contributed by atoms with E-state index in [1.165, 1.54) is 18.2 Å². The summed E-state index contributed by atoms with van der Waals surface area (Å²) < 4.78 is 5.19. The number of aromatic nitrogens is 1. The molecule has 4 aromatic rings. The maximum atomic E-state index is 12.4. The van der Waals surface area contributed by atoms with Crippen molar-refractivity contribution in [2.45, 2.75) is 0 Å². The van der Waals surface area contributed by atoms with Crippen molar-refractivity contribution in [2.24, 2.45) is 0 Å². The Labute approximate surface area is 139 Å². The molecule has 0 saturated carbocycles. The normalized spacial score (nSPS) is 11.0. The van der Waals surface area contributed by atoms with Gasteiger partial charge in [-0.1, -0.05) is 30.3 Å². The summed E-state index contributed by atoms with van der Waals surface area (Å²) >= 11 is 0. The lowest BCUT2D eigenvalue weighted by molar-refractivity contribution is -0.384. The number of pyridine rings is 1. The summed E-state index contributed by atoms with van der Waals surface area (Å²) in [5, 5.41) is 11.9. The first-order valence-corrected chi connectivity index (χ1v) is 7.38. The first-order chi connectivity index (χ1) is 12.0. The summed E-state index contributed by atoms with van der Waals surface area (Å²) in [5.41, 5.74) is -0.173. The fourth-order valence-electron chi connectivity index (χ4n) is 2.85. The summed E-state index contributed by atoms with van der Waals surface area (Å²) in [4.78, 5) is 37.6. The van der Waals surface area contributed by atoms with E-state index >= 15 is 0 Å². The number of nitro groups is 1. The molecule has 0 aliphatic carbocycles. The average Bonchev–Trinajstić information content (AvgIpc) is 2.61. The maximum Gasteiger partial charge on any atom is 0.349 e. The fourth-order valence-corrected chi connectivity index (χ4v) is 2.85. The number of para-hydroxylation sites is 1. The van der Waals surface area contributed by atoms with Crippen molar-refractivity contribution < 1.29 is 9.34 Å². The number of hydrogen-bond acceptors (Lipinski definition) is 5. The van der Waals surface area contributed by atoms with Crippen LogP contribution in [0.5, 0.6) is 0 Å². The lowest BCUT2D eigenvalue weighted by Crippen LogP contribution is -2.16. The van der Waals surface area contributed by atoms with E-state index in [0.717, 1.165) is 0 Å². The number of aromatic amines is 1. The first kappa shape index (κ1) is 14.8. The zero-order valence-electron chi connectivity index (χ0n) is 12.7. The van der Waals surface area contributed by atoms with Crippen LogP contribution in [0.3, 0.4) is 0 Å². The molecule has 0 aliphatic rings. The van der Waals surface area contributed by atoms with Gasteiger partial charge in [-0.05, 0) is 12.1 Å². The van der Waals surface area contributed by atoms with Gasteiger partial charge in [-0.2, -0.15) is 0 Å². The average molecular weight is 334 g/mol. The van der Waals surface area contributed by atoms with Gasteiger partial charge in [0.15, 0.2) is 0 Å². The van der Waals surface area contributed by atoms with Crippen molar-refractivity contribution in [3.8, 4) is 11.3 Å². The number of non-ortho nitro benzene ring substituents is 1.